The predicted molar refractivity (Wildman–Crippen MR) is 188 cm³/mol. The minimum Gasteiger partial charge on any atom is -0.394 e. The summed E-state index contributed by atoms with van der Waals surface area (Å²) in [5, 5.41) is 80.3. The van der Waals surface area contributed by atoms with Crippen LogP contribution in [0.4, 0.5) is 0 Å². The molecular formula is C38H66O14. The molecular weight excluding hydrogens is 680 g/mol. The number of aliphatic hydroxyl groups is 8. The molecule has 3 aliphatic rings. The van der Waals surface area contributed by atoms with Gasteiger partial charge in [0.25, 0.3) is 0 Å². The zero-order valence-electron chi connectivity index (χ0n) is 32.2. The third-order valence-electron chi connectivity index (χ3n) is 11.8. The van der Waals surface area contributed by atoms with Crippen LogP contribution in [0.25, 0.3) is 0 Å². The summed E-state index contributed by atoms with van der Waals surface area (Å²) in [6.45, 7) is 14.7. The molecule has 14 nitrogen and oxygen atoms in total. The van der Waals surface area contributed by atoms with Crippen molar-refractivity contribution in [2.45, 2.75) is 180 Å². The molecule has 0 aromatic rings. The van der Waals surface area contributed by atoms with Gasteiger partial charge in [-0.15, -0.1) is 0 Å². The van der Waals surface area contributed by atoms with Gasteiger partial charge < -0.3 is 59.8 Å². The van der Waals surface area contributed by atoms with Crippen LogP contribution in [0.5, 0.6) is 0 Å². The zero-order valence-corrected chi connectivity index (χ0v) is 32.2. The Bertz CT molecular complexity index is 1200. The van der Waals surface area contributed by atoms with E-state index in [2.05, 4.69) is 27.7 Å². The van der Waals surface area contributed by atoms with Gasteiger partial charge in [0, 0.05) is 19.3 Å². The van der Waals surface area contributed by atoms with E-state index in [1.165, 1.54) is 0 Å². The van der Waals surface area contributed by atoms with Crippen LogP contribution in [0.3, 0.4) is 0 Å². The summed E-state index contributed by atoms with van der Waals surface area (Å²) < 4.78 is 22.8. The summed E-state index contributed by atoms with van der Waals surface area (Å²) in [4.78, 5) is 26.4. The van der Waals surface area contributed by atoms with Crippen molar-refractivity contribution in [3.05, 3.63) is 11.1 Å². The molecule has 0 spiro atoms. The van der Waals surface area contributed by atoms with Gasteiger partial charge in [0.15, 0.2) is 18.4 Å². The summed E-state index contributed by atoms with van der Waals surface area (Å²) in [6, 6.07) is 0. The van der Waals surface area contributed by atoms with Crippen molar-refractivity contribution in [1.29, 1.82) is 0 Å². The van der Waals surface area contributed by atoms with E-state index in [-0.39, 0.29) is 40.7 Å². The molecule has 2 aliphatic heterocycles. The lowest BCUT2D eigenvalue weighted by molar-refractivity contribution is -0.310. The van der Waals surface area contributed by atoms with E-state index in [0.29, 0.717) is 50.5 Å². The Balaban J connectivity index is 1.68. The Morgan fingerprint density at radius 3 is 1.75 bits per heavy atom. The maximum absolute atomic E-state index is 13.7. The van der Waals surface area contributed by atoms with Gasteiger partial charge in [0.2, 0.25) is 0 Å². The van der Waals surface area contributed by atoms with Gasteiger partial charge in [-0.1, -0.05) is 33.3 Å². The Labute approximate surface area is 308 Å². The van der Waals surface area contributed by atoms with E-state index >= 15 is 0 Å². The largest absolute Gasteiger partial charge is 0.394 e. The number of ketones is 2. The van der Waals surface area contributed by atoms with Crippen LogP contribution in [-0.4, -0.2) is 139 Å². The van der Waals surface area contributed by atoms with Gasteiger partial charge >= 0.3 is 0 Å². The SMILES string of the molecule is CC(CCC(C)OC1OC(CO)C(O)C(O)C1O)=C(C)C(=O)CCC(C)(CCC(C)OC1OC(CO)C(O)C(O)C1O)C1C(C)CC(=O)CC1(C)C. The molecule has 0 amide bonds. The number of hydrogen-bond acceptors (Lipinski definition) is 14. The summed E-state index contributed by atoms with van der Waals surface area (Å²) in [5.41, 5.74) is 0.835. The number of hydrogen-bond donors (Lipinski definition) is 8. The van der Waals surface area contributed by atoms with Gasteiger partial charge in [-0.05, 0) is 88.0 Å². The van der Waals surface area contributed by atoms with E-state index in [4.69, 9.17) is 18.9 Å². The molecule has 3 fully saturated rings. The van der Waals surface area contributed by atoms with Crippen molar-refractivity contribution in [3.63, 3.8) is 0 Å². The van der Waals surface area contributed by atoms with Crippen molar-refractivity contribution in [2.75, 3.05) is 13.2 Å². The van der Waals surface area contributed by atoms with E-state index in [9.17, 15) is 50.4 Å². The Morgan fingerprint density at radius 1 is 0.808 bits per heavy atom. The standard InChI is InChI=1S/C38H66O14/c1-19(9-10-21(3)49-35-32(47)30(45)28(43)26(17-39)51-35)23(5)25(42)12-14-38(8,34-20(2)15-24(41)16-37(34,6)7)13-11-22(4)50-36-33(48)31(46)29(44)27(18-40)52-36/h20-22,26-36,39-40,43-48H,9-18H2,1-8H3. The second-order valence-corrected chi connectivity index (χ2v) is 16.7. The molecule has 1 aliphatic carbocycles. The number of ether oxygens (including phenoxy) is 4. The minimum atomic E-state index is -1.54. The Hall–Kier alpha value is -1.40. The normalized spacial score (nSPS) is 38.3. The van der Waals surface area contributed by atoms with E-state index in [0.717, 1.165) is 5.57 Å². The van der Waals surface area contributed by atoms with Gasteiger partial charge in [0.1, 0.15) is 54.6 Å². The van der Waals surface area contributed by atoms with Crippen LogP contribution in [0, 0.1) is 22.7 Å². The number of aliphatic hydroxyl groups excluding tert-OH is 8. The molecule has 0 radical (unpaired) electrons. The van der Waals surface area contributed by atoms with Crippen LogP contribution in [0.15, 0.2) is 11.1 Å². The van der Waals surface area contributed by atoms with E-state index < -0.39 is 86.8 Å². The molecule has 0 aromatic heterocycles. The summed E-state index contributed by atoms with van der Waals surface area (Å²) in [6.07, 6.45) is -10.6. The number of carbonyl (C=O) groups is 2. The smallest absolute Gasteiger partial charge is 0.186 e. The first-order valence-electron chi connectivity index (χ1n) is 18.8. The summed E-state index contributed by atoms with van der Waals surface area (Å²) in [5.74, 6) is 0.428. The lowest BCUT2D eigenvalue weighted by atomic mass is 9.52. The maximum atomic E-state index is 13.7. The molecule has 0 aromatic carbocycles. The first-order valence-corrected chi connectivity index (χ1v) is 18.8. The molecule has 15 unspecified atom stereocenters. The molecule has 52 heavy (non-hydrogen) atoms. The highest BCUT2D eigenvalue weighted by molar-refractivity contribution is 5.95. The van der Waals surface area contributed by atoms with Crippen molar-refractivity contribution < 1.29 is 69.4 Å². The zero-order chi connectivity index (χ0) is 39.3. The van der Waals surface area contributed by atoms with Crippen LogP contribution < -0.4 is 0 Å². The highest BCUT2D eigenvalue weighted by Gasteiger charge is 2.50. The predicted octanol–water partition coefficient (Wildman–Crippen LogP) is 1.29. The number of allylic oxidation sites excluding steroid dienone is 2. The molecule has 1 saturated carbocycles. The maximum Gasteiger partial charge on any atom is 0.186 e. The second-order valence-electron chi connectivity index (χ2n) is 16.7. The molecule has 302 valence electrons. The second kappa shape index (κ2) is 19.0. The van der Waals surface area contributed by atoms with Crippen LogP contribution in [0.2, 0.25) is 0 Å². The monoisotopic (exact) mass is 746 g/mol. The highest BCUT2D eigenvalue weighted by atomic mass is 16.7. The third-order valence-corrected chi connectivity index (χ3v) is 11.8. The number of Topliss-reactive ketones (excluding diaryl/α,β-unsaturated/α-hetero) is 2. The van der Waals surface area contributed by atoms with E-state index in [1.807, 2.05) is 13.8 Å². The van der Waals surface area contributed by atoms with Gasteiger partial charge in [-0.3, -0.25) is 9.59 Å². The average molecular weight is 747 g/mol. The van der Waals surface area contributed by atoms with Crippen LogP contribution in [-0.2, 0) is 28.5 Å². The number of rotatable bonds is 17. The molecule has 15 atom stereocenters. The lowest BCUT2D eigenvalue weighted by Crippen LogP contribution is -2.59. The van der Waals surface area contributed by atoms with Gasteiger partial charge in [0.05, 0.1) is 25.4 Å². The van der Waals surface area contributed by atoms with Gasteiger partial charge in [-0.2, -0.15) is 0 Å². The van der Waals surface area contributed by atoms with Crippen molar-refractivity contribution in [2.24, 2.45) is 22.7 Å². The summed E-state index contributed by atoms with van der Waals surface area (Å²) in [7, 11) is 0. The molecule has 14 heteroatoms. The minimum absolute atomic E-state index is 0.00851. The highest BCUT2D eigenvalue weighted by Crippen LogP contribution is 2.55. The van der Waals surface area contributed by atoms with E-state index in [1.54, 1.807) is 13.8 Å². The molecule has 2 heterocycles. The van der Waals surface area contributed by atoms with Crippen LogP contribution in [0.1, 0.15) is 107 Å². The fourth-order valence-electron chi connectivity index (χ4n) is 8.92. The lowest BCUT2D eigenvalue weighted by Gasteiger charge is -2.52. The first kappa shape index (κ1) is 45.0. The average Bonchev–Trinajstić information content (AvgIpc) is 3.07. The molecule has 2 saturated heterocycles. The third kappa shape index (κ3) is 10.9. The molecule has 8 N–H and O–H groups in total. The van der Waals surface area contributed by atoms with Crippen molar-refractivity contribution >= 4 is 11.6 Å². The van der Waals surface area contributed by atoms with Crippen molar-refractivity contribution in [1.82, 2.24) is 0 Å². The fourth-order valence-corrected chi connectivity index (χ4v) is 8.92. The molecule has 0 bridgehead atoms. The summed E-state index contributed by atoms with van der Waals surface area (Å²) >= 11 is 0. The van der Waals surface area contributed by atoms with Crippen LogP contribution >= 0.6 is 0 Å². The Morgan fingerprint density at radius 2 is 1.29 bits per heavy atom. The van der Waals surface area contributed by atoms with Gasteiger partial charge in [-0.25, -0.2) is 0 Å². The molecule has 3 rings (SSSR count). The quantitative estimate of drug-likeness (QED) is 0.0981. The van der Waals surface area contributed by atoms with Crippen molar-refractivity contribution in [3.8, 4) is 0 Å². The fraction of sp³-hybridized carbons (Fsp3) is 0.895. The number of carbonyl (C=O) groups excluding carboxylic acids is 2. The Kier molecular flexibility index (Phi) is 16.4. The first-order chi connectivity index (χ1) is 24.2. The topological polar surface area (TPSA) is 233 Å².